The van der Waals surface area contributed by atoms with E-state index in [-0.39, 0.29) is 0 Å². The van der Waals surface area contributed by atoms with E-state index in [1.54, 1.807) is 0 Å². The molecule has 0 aromatic heterocycles. The number of hydrogen-bond donors (Lipinski definition) is 4. The van der Waals surface area contributed by atoms with E-state index in [4.69, 9.17) is 10.2 Å². The minimum atomic E-state index is -3.85. The number of carbonyl (C=O) groups excluding carboxylic acids is 4. The third-order valence-corrected chi connectivity index (χ3v) is 4.86. The Morgan fingerprint density at radius 2 is 1.50 bits per heavy atom. The van der Waals surface area contributed by atoms with E-state index >= 15 is 0 Å². The lowest BCUT2D eigenvalue weighted by Crippen LogP contribution is -2.86. The first kappa shape index (κ1) is 15.2. The summed E-state index contributed by atoms with van der Waals surface area (Å²) in [5, 5.41) is 40.9. The summed E-state index contributed by atoms with van der Waals surface area (Å²) in [6.07, 6.45) is -4.95. The molecule has 0 bridgehead atoms. The first-order valence-electron chi connectivity index (χ1n) is 9.13. The normalized spacial score (nSPS) is 42.9. The number of aliphatic hydroxyl groups excluding tert-OH is 1. The molecule has 1 fully saturated rings. The molecule has 1 aliphatic rings. The average molecular weight is 415 g/mol. The molecule has 0 aromatic carbocycles. The monoisotopic (exact) mass is 414 g/mol. The number of hydrogen-bond acceptors (Lipinski definition) is 9. The highest BCUT2D eigenvalue weighted by atomic mass is 79.9. The van der Waals surface area contributed by atoms with Crippen LogP contribution in [0.15, 0.2) is 0 Å². The lowest BCUT2D eigenvalue weighted by Gasteiger charge is -2.57. The van der Waals surface area contributed by atoms with Gasteiger partial charge in [-0.15, -0.1) is 0 Å². The van der Waals surface area contributed by atoms with Crippen molar-refractivity contribution < 1.29 is 49.8 Å². The van der Waals surface area contributed by atoms with Crippen molar-refractivity contribution in [1.82, 2.24) is 0 Å². The summed E-state index contributed by atoms with van der Waals surface area (Å²) in [6.45, 7) is -5.02. The molecule has 0 aliphatic carbocycles. The van der Waals surface area contributed by atoms with E-state index in [0.717, 1.165) is 0 Å². The SMILES string of the molecule is [2H]CC(=O)C(O)[C@H]1OC(Br)[C@@](O)(C(=O)C[2H])[C@](O)(C(=O)C[2H])[C@@]1(O)C(=O)C[2H]. The molecule has 2 unspecified atom stereocenters. The minimum Gasteiger partial charge on any atom is -0.382 e. The average Bonchev–Trinajstić information content (AvgIpc) is 2.71. The molecule has 1 aliphatic heterocycles. The van der Waals surface area contributed by atoms with Crippen LogP contribution in [0.5, 0.6) is 0 Å². The van der Waals surface area contributed by atoms with Crippen molar-refractivity contribution >= 4 is 39.1 Å². The van der Waals surface area contributed by atoms with E-state index in [2.05, 4.69) is 15.9 Å². The number of ketones is 4. The maximum Gasteiger partial charge on any atom is 0.200 e. The third kappa shape index (κ3) is 2.40. The van der Waals surface area contributed by atoms with E-state index in [9.17, 15) is 39.6 Å². The number of aliphatic hydroxyl groups is 4. The number of carbonyl (C=O) groups is 4. The standard InChI is InChI=1S/C14H19BrO9/c1-5(16)9(20)10-12(21,6(2)17)14(23,8(4)19)13(22,7(3)18)11(15)24-10/h9-11,20-23H,1-4H3/t9?,10-,11?,12-,13+,14+/m1/s1/i1D,2D,3D,4D. The second-order valence-electron chi connectivity index (χ2n) is 5.30. The van der Waals surface area contributed by atoms with Gasteiger partial charge in [-0.1, -0.05) is 15.9 Å². The molecule has 10 heteroatoms. The van der Waals surface area contributed by atoms with Gasteiger partial charge in [-0.25, -0.2) is 0 Å². The van der Waals surface area contributed by atoms with Crippen molar-refractivity contribution in [3.05, 3.63) is 0 Å². The number of ether oxygens (including phenoxy) is 1. The fraction of sp³-hybridized carbons (Fsp3) is 0.714. The lowest BCUT2D eigenvalue weighted by atomic mass is 9.60. The molecule has 0 saturated carbocycles. The van der Waals surface area contributed by atoms with Crippen molar-refractivity contribution in [2.75, 3.05) is 0 Å². The highest BCUT2D eigenvalue weighted by Gasteiger charge is 2.78. The fourth-order valence-electron chi connectivity index (χ4n) is 2.57. The molecule has 6 atom stereocenters. The summed E-state index contributed by atoms with van der Waals surface area (Å²) in [5.41, 5.74) is -11.0. The largest absolute Gasteiger partial charge is 0.382 e. The van der Waals surface area contributed by atoms with E-state index in [0.29, 0.717) is 0 Å². The molecule has 1 saturated heterocycles. The van der Waals surface area contributed by atoms with Crippen molar-refractivity contribution in [2.45, 2.75) is 61.6 Å². The van der Waals surface area contributed by atoms with E-state index in [1.807, 2.05) is 0 Å². The van der Waals surface area contributed by atoms with Gasteiger partial charge >= 0.3 is 0 Å². The van der Waals surface area contributed by atoms with Crippen LogP contribution in [0.3, 0.4) is 0 Å². The maximum atomic E-state index is 12.4. The molecule has 1 heterocycles. The predicted molar refractivity (Wildman–Crippen MR) is 81.2 cm³/mol. The highest BCUT2D eigenvalue weighted by molar-refractivity contribution is 9.09. The smallest absolute Gasteiger partial charge is 0.200 e. The van der Waals surface area contributed by atoms with Crippen LogP contribution in [0.2, 0.25) is 0 Å². The van der Waals surface area contributed by atoms with Gasteiger partial charge in [0.15, 0.2) is 39.3 Å². The van der Waals surface area contributed by atoms with Gasteiger partial charge in [0.1, 0.15) is 12.2 Å². The molecule has 1 rings (SSSR count). The fourth-order valence-corrected chi connectivity index (χ4v) is 3.39. The number of alkyl halides is 1. The van der Waals surface area contributed by atoms with Crippen LogP contribution in [-0.2, 0) is 23.9 Å². The highest BCUT2D eigenvalue weighted by Crippen LogP contribution is 2.48. The molecule has 0 radical (unpaired) electrons. The first-order valence-corrected chi connectivity index (χ1v) is 7.21. The van der Waals surface area contributed by atoms with Crippen LogP contribution in [0.4, 0.5) is 0 Å². The lowest BCUT2D eigenvalue weighted by molar-refractivity contribution is -0.310. The van der Waals surface area contributed by atoms with Crippen LogP contribution in [0, 0.1) is 0 Å². The zero-order valence-electron chi connectivity index (χ0n) is 16.3. The van der Waals surface area contributed by atoms with E-state index < -0.39 is 84.8 Å². The van der Waals surface area contributed by atoms with Crippen LogP contribution in [0.1, 0.15) is 33.1 Å². The summed E-state index contributed by atoms with van der Waals surface area (Å²) >= 11 is 2.64. The van der Waals surface area contributed by atoms with Crippen LogP contribution in [-0.4, -0.2) is 77.6 Å². The van der Waals surface area contributed by atoms with Gasteiger partial charge in [-0.2, -0.15) is 0 Å². The van der Waals surface area contributed by atoms with Gasteiger partial charge < -0.3 is 25.2 Å². The Kier molecular flexibility index (Phi) is 4.03. The Morgan fingerprint density at radius 3 is 1.96 bits per heavy atom. The molecule has 0 amide bonds. The molecular weight excluding hydrogens is 392 g/mol. The van der Waals surface area contributed by atoms with Gasteiger partial charge in [0.25, 0.3) is 0 Å². The summed E-state index contributed by atoms with van der Waals surface area (Å²) in [7, 11) is 0. The maximum absolute atomic E-state index is 12.4. The Labute approximate surface area is 151 Å². The Bertz CT molecular complexity index is 679. The van der Waals surface area contributed by atoms with Gasteiger partial charge in [-0.05, 0) is 27.6 Å². The molecule has 9 nitrogen and oxygen atoms in total. The van der Waals surface area contributed by atoms with E-state index in [1.165, 1.54) is 0 Å². The number of halogens is 1. The molecule has 136 valence electrons. The molecule has 0 aromatic rings. The first-order chi connectivity index (χ1) is 12.9. The Morgan fingerprint density at radius 1 is 1.00 bits per heavy atom. The molecule has 0 spiro atoms. The topological polar surface area (TPSA) is 158 Å². The minimum absolute atomic E-state index is 1.06. The van der Waals surface area contributed by atoms with Crippen LogP contribution >= 0.6 is 15.9 Å². The summed E-state index contributed by atoms with van der Waals surface area (Å²) in [4.78, 5) is 48.9. The zero-order valence-corrected chi connectivity index (χ0v) is 13.9. The third-order valence-electron chi connectivity index (χ3n) is 3.98. The van der Waals surface area contributed by atoms with Gasteiger partial charge in [-0.3, -0.25) is 19.2 Å². The quantitative estimate of drug-likeness (QED) is 0.373. The van der Waals surface area contributed by atoms with Crippen molar-refractivity contribution in [1.29, 1.82) is 0 Å². The van der Waals surface area contributed by atoms with Crippen LogP contribution in [0.25, 0.3) is 0 Å². The predicted octanol–water partition coefficient (Wildman–Crippen LogP) is -1.98. The van der Waals surface area contributed by atoms with Gasteiger partial charge in [0, 0.05) is 5.48 Å². The summed E-state index contributed by atoms with van der Waals surface area (Å²) in [5.74, 6) is -6.37. The number of Topliss-reactive ketones (excluding diaryl/α,β-unsaturated/α-hetero) is 4. The molecule has 24 heavy (non-hydrogen) atoms. The molecule has 4 N–H and O–H groups in total. The zero-order chi connectivity index (χ0) is 22.1. The summed E-state index contributed by atoms with van der Waals surface area (Å²) in [6, 6.07) is 0. The van der Waals surface area contributed by atoms with Gasteiger partial charge in [0.2, 0.25) is 5.60 Å². The van der Waals surface area contributed by atoms with Gasteiger partial charge in [0.05, 0.1) is 0 Å². The van der Waals surface area contributed by atoms with Crippen molar-refractivity contribution in [3.63, 3.8) is 0 Å². The summed E-state index contributed by atoms with van der Waals surface area (Å²) < 4.78 is 33.6. The van der Waals surface area contributed by atoms with Crippen molar-refractivity contribution in [3.8, 4) is 0 Å². The Hall–Kier alpha value is -1.04. The number of rotatable bonds is 5. The van der Waals surface area contributed by atoms with Crippen LogP contribution < -0.4 is 0 Å². The Balaban J connectivity index is 3.94. The second-order valence-corrected chi connectivity index (χ2v) is 6.13. The molecular formula is C14H19BrO9. The van der Waals surface area contributed by atoms with Crippen molar-refractivity contribution in [2.24, 2.45) is 0 Å². The second kappa shape index (κ2) is 6.36.